The van der Waals surface area contributed by atoms with Gasteiger partial charge in [-0.25, -0.2) is 4.90 Å². The first-order chi connectivity index (χ1) is 11.7. The van der Waals surface area contributed by atoms with E-state index >= 15 is 0 Å². The van der Waals surface area contributed by atoms with Crippen LogP contribution in [0.1, 0.15) is 0 Å². The molecule has 178 valence electrons. The van der Waals surface area contributed by atoms with Gasteiger partial charge >= 0.3 is 45.6 Å². The summed E-state index contributed by atoms with van der Waals surface area (Å²) < 4.78 is 68.9. The van der Waals surface area contributed by atoms with Gasteiger partial charge in [-0.15, -0.1) is 0 Å². The highest BCUT2D eigenvalue weighted by molar-refractivity contribution is 7.74. The van der Waals surface area contributed by atoms with Crippen molar-refractivity contribution in [1.29, 1.82) is 0 Å². The molecule has 15 N–H and O–H groups in total. The van der Waals surface area contributed by atoms with Gasteiger partial charge in [0.2, 0.25) is 16.6 Å². The van der Waals surface area contributed by atoms with Crippen LogP contribution in [0.2, 0.25) is 0 Å². The summed E-state index contributed by atoms with van der Waals surface area (Å²) in [6.07, 6.45) is 0. The molecule has 29 heavy (non-hydrogen) atoms. The summed E-state index contributed by atoms with van der Waals surface area (Å²) in [7, 11) is -39.3. The Morgan fingerprint density at radius 3 is 0.552 bits per heavy atom. The quantitative estimate of drug-likeness (QED) is 0.129. The number of nitrogens with zero attached hydrogens (tertiary/aromatic N) is 1. The lowest BCUT2D eigenvalue weighted by atomic mass is 10.9. The van der Waals surface area contributed by atoms with Crippen molar-refractivity contribution in [2.75, 3.05) is 0 Å². The molecule has 0 saturated heterocycles. The standard InChI is InChI=1S/C3H15NO18P6.H3N/c5-23(6,7)1(24(8,9)10)4(2(25(11,12)13)26(14,15)16)3(27(17,18)19)28(20,21)22;/h1-3H,(H2,5,6,7)(H2,8,9,10)(H2,11,12,13)(H2,14,15,16)(H2,17,18,19)(H2,20,21,22);1H3. The van der Waals surface area contributed by atoms with Crippen molar-refractivity contribution in [2.24, 2.45) is 0 Å². The van der Waals surface area contributed by atoms with Crippen LogP contribution in [0.4, 0.5) is 0 Å². The van der Waals surface area contributed by atoms with Crippen LogP contribution in [0.25, 0.3) is 0 Å². The van der Waals surface area contributed by atoms with Crippen LogP contribution in [0.5, 0.6) is 0 Å². The highest BCUT2D eigenvalue weighted by Crippen LogP contribution is 2.74. The van der Waals surface area contributed by atoms with E-state index in [0.29, 0.717) is 0 Å². The molecule has 26 heteroatoms. The second-order valence-corrected chi connectivity index (χ2v) is 16.2. The van der Waals surface area contributed by atoms with Crippen LogP contribution in [-0.4, -0.2) is 80.2 Å². The molecule has 0 aliphatic heterocycles. The molecule has 0 rings (SSSR count). The predicted molar refractivity (Wildman–Crippen MR) is 90.5 cm³/mol. The van der Waals surface area contributed by atoms with Crippen molar-refractivity contribution >= 4 is 45.6 Å². The lowest BCUT2D eigenvalue weighted by Crippen LogP contribution is -2.48. The first-order valence-corrected chi connectivity index (χ1v) is 15.9. The predicted octanol–water partition coefficient (Wildman–Crippen LogP) is -2.63. The van der Waals surface area contributed by atoms with Gasteiger partial charge in [0.25, 0.3) is 0 Å². The Hall–Kier alpha value is 0.820. The van der Waals surface area contributed by atoms with Crippen molar-refractivity contribution in [3.05, 3.63) is 0 Å². The zero-order valence-electron chi connectivity index (χ0n) is 13.4. The van der Waals surface area contributed by atoms with E-state index in [-0.39, 0.29) is 6.15 Å². The van der Waals surface area contributed by atoms with Crippen molar-refractivity contribution in [3.8, 4) is 0 Å². The summed E-state index contributed by atoms with van der Waals surface area (Å²) in [5.74, 6) is 0. The summed E-state index contributed by atoms with van der Waals surface area (Å²) in [6.45, 7) is 0. The van der Waals surface area contributed by atoms with Gasteiger partial charge in [-0.3, -0.25) is 27.4 Å². The highest BCUT2D eigenvalue weighted by atomic mass is 31.3. The molecule has 0 saturated carbocycles. The first kappa shape index (κ1) is 32.0. The summed E-state index contributed by atoms with van der Waals surface area (Å²) in [5, 5.41) is 0. The number of rotatable bonds is 9. The third-order valence-electron chi connectivity index (χ3n) is 2.61. The molecule has 0 radical (unpaired) electrons. The summed E-state index contributed by atoms with van der Waals surface area (Å²) in [5.41, 5.74) is -12.5. The van der Waals surface area contributed by atoms with E-state index in [9.17, 15) is 27.4 Å². The van der Waals surface area contributed by atoms with Gasteiger partial charge in [-0.05, 0) is 0 Å². The van der Waals surface area contributed by atoms with E-state index in [4.69, 9.17) is 58.7 Å². The maximum Gasteiger partial charge on any atom is 0.355 e. The van der Waals surface area contributed by atoms with Crippen LogP contribution < -0.4 is 6.15 Å². The normalized spacial score (nSPS) is 15.3. The molecular weight excluding hydrogens is 538 g/mol. The van der Waals surface area contributed by atoms with Gasteiger partial charge in [-0.1, -0.05) is 0 Å². The number of hydrogen-bond donors (Lipinski definition) is 13. The maximum atomic E-state index is 11.5. The Morgan fingerprint density at radius 2 is 0.483 bits per heavy atom. The SMILES string of the molecule is N.O=P(O)(O)C(N(C(P(=O)(O)O)P(=O)(O)O)C(P(=O)(O)O)P(=O)(O)O)P(=O)(O)O. The zero-order chi connectivity index (χ0) is 23.3. The minimum absolute atomic E-state index is 0. The lowest BCUT2D eigenvalue weighted by molar-refractivity contribution is 0.184. The molecular formula is C3H18N2O18P6. The lowest BCUT2D eigenvalue weighted by Gasteiger charge is -2.41. The molecule has 0 aromatic heterocycles. The van der Waals surface area contributed by atoms with Crippen LogP contribution >= 0.6 is 45.6 Å². The molecule has 0 aromatic carbocycles. The third kappa shape index (κ3) is 8.70. The van der Waals surface area contributed by atoms with E-state index in [1.54, 1.807) is 0 Å². The summed E-state index contributed by atoms with van der Waals surface area (Å²) in [4.78, 5) is 108. The van der Waals surface area contributed by atoms with E-state index < -0.39 is 67.0 Å². The van der Waals surface area contributed by atoms with E-state index in [1.807, 2.05) is 0 Å². The van der Waals surface area contributed by atoms with E-state index in [2.05, 4.69) is 0 Å². The molecule has 0 spiro atoms. The zero-order valence-corrected chi connectivity index (χ0v) is 18.8. The highest BCUT2D eigenvalue weighted by Gasteiger charge is 2.66. The van der Waals surface area contributed by atoms with Crippen molar-refractivity contribution in [2.45, 2.75) is 16.6 Å². The Labute approximate surface area is 160 Å². The van der Waals surface area contributed by atoms with Crippen LogP contribution in [-0.2, 0) is 27.4 Å². The van der Waals surface area contributed by atoms with Gasteiger partial charge in [0.05, 0.1) is 0 Å². The third-order valence-corrected chi connectivity index (χ3v) is 13.2. The van der Waals surface area contributed by atoms with Gasteiger partial charge in [-0.2, -0.15) is 0 Å². The molecule has 0 fully saturated rings. The maximum absolute atomic E-state index is 11.5. The van der Waals surface area contributed by atoms with E-state index in [1.165, 1.54) is 0 Å². The fourth-order valence-corrected chi connectivity index (χ4v) is 11.6. The molecule has 0 aliphatic carbocycles. The molecule has 0 aliphatic rings. The molecule has 0 amide bonds. The molecule has 0 atom stereocenters. The van der Waals surface area contributed by atoms with Crippen molar-refractivity contribution in [1.82, 2.24) is 11.1 Å². The second kappa shape index (κ2) is 9.36. The van der Waals surface area contributed by atoms with E-state index in [0.717, 1.165) is 0 Å². The summed E-state index contributed by atoms with van der Waals surface area (Å²) >= 11 is 0. The monoisotopic (exact) mass is 556 g/mol. The number of hydrogen-bond acceptors (Lipinski definition) is 8. The Balaban J connectivity index is 0. The Morgan fingerprint density at radius 1 is 0.379 bits per heavy atom. The molecule has 20 nitrogen and oxygen atoms in total. The molecule has 0 aromatic rings. The fraction of sp³-hybridized carbons (Fsp3) is 1.00. The Bertz CT molecular complexity index is 680. The van der Waals surface area contributed by atoms with Gasteiger partial charge in [0.1, 0.15) is 0 Å². The largest absolute Gasteiger partial charge is 0.355 e. The summed E-state index contributed by atoms with van der Waals surface area (Å²) in [6, 6.07) is 0. The van der Waals surface area contributed by atoms with Gasteiger partial charge in [0, 0.05) is 0 Å². The minimum atomic E-state index is -6.55. The average molecular weight is 556 g/mol. The van der Waals surface area contributed by atoms with Crippen LogP contribution in [0.15, 0.2) is 0 Å². The first-order valence-electron chi connectivity index (χ1n) is 5.82. The molecule has 0 heterocycles. The van der Waals surface area contributed by atoms with Gasteiger partial charge < -0.3 is 64.9 Å². The minimum Gasteiger partial charge on any atom is -0.344 e. The topological polar surface area (TPSA) is 383 Å². The van der Waals surface area contributed by atoms with Crippen LogP contribution in [0, 0.1) is 0 Å². The molecule has 0 bridgehead atoms. The van der Waals surface area contributed by atoms with Gasteiger partial charge in [0.15, 0.2) is 0 Å². The second-order valence-electron chi connectivity index (χ2n) is 5.02. The molecule has 0 unspecified atom stereocenters. The van der Waals surface area contributed by atoms with Crippen LogP contribution in [0.3, 0.4) is 0 Å². The smallest absolute Gasteiger partial charge is 0.344 e. The average Bonchev–Trinajstić information content (AvgIpc) is 2.13. The Kier molecular flexibility index (Phi) is 10.3. The van der Waals surface area contributed by atoms with Crippen molar-refractivity contribution in [3.63, 3.8) is 0 Å². The fourth-order valence-electron chi connectivity index (χ4n) is 1.99. The van der Waals surface area contributed by atoms with Crippen molar-refractivity contribution < 1.29 is 86.1 Å².